The number of amides is 1. The number of rotatable bonds is 6. The molecule has 0 bridgehead atoms. The van der Waals surface area contributed by atoms with Gasteiger partial charge in [-0.1, -0.05) is 11.6 Å². The van der Waals surface area contributed by atoms with Crippen LogP contribution in [0.5, 0.6) is 0 Å². The molecule has 1 aliphatic rings. The molecule has 2 aromatic rings. The lowest BCUT2D eigenvalue weighted by atomic mass is 10.3. The lowest BCUT2D eigenvalue weighted by Crippen LogP contribution is -2.32. The van der Waals surface area contributed by atoms with E-state index in [1.165, 1.54) is 30.5 Å². The first kappa shape index (κ1) is 16.1. The Labute approximate surface area is 139 Å². The lowest BCUT2D eigenvalue weighted by molar-refractivity contribution is -0.122. The third kappa shape index (κ3) is 3.59. The molecule has 7 heteroatoms. The normalized spacial score (nSPS) is 16.0. The number of hydrogen-bond acceptors (Lipinski definition) is 4. The first-order valence-electron chi connectivity index (χ1n) is 7.29. The second-order valence-corrected chi connectivity index (χ2v) is 8.09. The van der Waals surface area contributed by atoms with Crippen LogP contribution in [0.25, 0.3) is 0 Å². The van der Waals surface area contributed by atoms with Gasteiger partial charge >= 0.3 is 0 Å². The maximum atomic E-state index is 12.9. The Morgan fingerprint density at radius 1 is 1.26 bits per heavy atom. The number of nitrogens with one attached hydrogen (secondary N) is 1. The van der Waals surface area contributed by atoms with E-state index in [9.17, 15) is 13.2 Å². The first-order chi connectivity index (χ1) is 11.0. The summed E-state index contributed by atoms with van der Waals surface area (Å²) in [5, 5.41) is 2.20. The zero-order valence-electron chi connectivity index (χ0n) is 12.2. The molecule has 0 aliphatic heterocycles. The average molecular weight is 354 g/mol. The number of carbonyl (C=O) groups is 1. The molecule has 1 saturated carbocycles. The molecule has 5 nitrogen and oxygen atoms in total. The van der Waals surface area contributed by atoms with Gasteiger partial charge in [0.2, 0.25) is 5.91 Å². The molecular formula is C16H16ClNO4S. The molecule has 1 unspecified atom stereocenters. The maximum absolute atomic E-state index is 12.9. The largest absolute Gasteiger partial charge is 0.468 e. The second kappa shape index (κ2) is 6.37. The third-order valence-corrected chi connectivity index (χ3v) is 6.12. The Morgan fingerprint density at radius 3 is 2.52 bits per heavy atom. The van der Waals surface area contributed by atoms with Gasteiger partial charge in [-0.3, -0.25) is 4.79 Å². The average Bonchev–Trinajstić information content (AvgIpc) is 3.24. The van der Waals surface area contributed by atoms with E-state index in [-0.39, 0.29) is 23.3 Å². The van der Waals surface area contributed by atoms with Crippen molar-refractivity contribution in [1.82, 2.24) is 5.32 Å². The first-order valence-corrected chi connectivity index (χ1v) is 9.21. The molecule has 1 aromatic heterocycles. The number of sulfone groups is 1. The SMILES string of the molecule is O=C(NCC(c1ccco1)S(=O)(=O)c1ccc(Cl)cc1)C1CC1. The molecule has 1 N–H and O–H groups in total. The Kier molecular flexibility index (Phi) is 4.46. The summed E-state index contributed by atoms with van der Waals surface area (Å²) in [6.45, 7) is -0.0200. The van der Waals surface area contributed by atoms with Crippen molar-refractivity contribution in [3.63, 3.8) is 0 Å². The van der Waals surface area contributed by atoms with Gasteiger partial charge in [0, 0.05) is 17.5 Å². The van der Waals surface area contributed by atoms with Crippen molar-refractivity contribution in [2.45, 2.75) is 23.0 Å². The van der Waals surface area contributed by atoms with E-state index in [0.29, 0.717) is 10.8 Å². The van der Waals surface area contributed by atoms with E-state index in [0.717, 1.165) is 12.8 Å². The molecule has 0 spiro atoms. The van der Waals surface area contributed by atoms with Gasteiger partial charge in [-0.05, 0) is 49.2 Å². The summed E-state index contributed by atoms with van der Waals surface area (Å²) in [4.78, 5) is 12.0. The van der Waals surface area contributed by atoms with Gasteiger partial charge in [0.05, 0.1) is 11.2 Å². The summed E-state index contributed by atoms with van der Waals surface area (Å²) in [6, 6.07) is 9.18. The third-order valence-electron chi connectivity index (χ3n) is 3.79. The van der Waals surface area contributed by atoms with Gasteiger partial charge in [-0.25, -0.2) is 8.42 Å². The van der Waals surface area contributed by atoms with Crippen molar-refractivity contribution in [1.29, 1.82) is 0 Å². The fourth-order valence-corrected chi connectivity index (χ4v) is 4.02. The molecule has 0 saturated heterocycles. The number of benzene rings is 1. The Bertz CT molecular complexity index is 780. The van der Waals surface area contributed by atoms with Gasteiger partial charge in [0.15, 0.2) is 9.84 Å². The highest BCUT2D eigenvalue weighted by Crippen LogP contribution is 2.31. The number of carbonyl (C=O) groups excluding carboxylic acids is 1. The van der Waals surface area contributed by atoms with Crippen LogP contribution < -0.4 is 5.32 Å². The van der Waals surface area contributed by atoms with Crippen LogP contribution in [0.1, 0.15) is 23.9 Å². The summed E-state index contributed by atoms with van der Waals surface area (Å²) >= 11 is 5.82. The molecule has 23 heavy (non-hydrogen) atoms. The molecule has 122 valence electrons. The van der Waals surface area contributed by atoms with E-state index >= 15 is 0 Å². The van der Waals surface area contributed by atoms with Crippen LogP contribution in [-0.2, 0) is 14.6 Å². The summed E-state index contributed by atoms with van der Waals surface area (Å²) in [7, 11) is -3.71. The molecule has 1 atom stereocenters. The molecule has 1 amide bonds. The second-order valence-electron chi connectivity index (χ2n) is 5.52. The number of hydrogen-bond donors (Lipinski definition) is 1. The minimum atomic E-state index is -3.71. The zero-order chi connectivity index (χ0) is 16.4. The van der Waals surface area contributed by atoms with Crippen LogP contribution in [0, 0.1) is 5.92 Å². The minimum absolute atomic E-state index is 0.0190. The zero-order valence-corrected chi connectivity index (χ0v) is 13.8. The summed E-state index contributed by atoms with van der Waals surface area (Å²) in [5.74, 6) is 0.217. The van der Waals surface area contributed by atoms with Crippen molar-refractivity contribution >= 4 is 27.3 Å². The molecule has 1 aliphatic carbocycles. The van der Waals surface area contributed by atoms with Crippen molar-refractivity contribution < 1.29 is 17.6 Å². The minimum Gasteiger partial charge on any atom is -0.468 e. The van der Waals surface area contributed by atoms with Gasteiger partial charge in [-0.15, -0.1) is 0 Å². The fourth-order valence-electron chi connectivity index (χ4n) is 2.31. The number of halogens is 1. The number of furan rings is 1. The highest BCUT2D eigenvalue weighted by atomic mass is 35.5. The molecular weight excluding hydrogens is 338 g/mol. The fraction of sp³-hybridized carbons (Fsp3) is 0.312. The van der Waals surface area contributed by atoms with Crippen molar-refractivity contribution in [3.05, 3.63) is 53.4 Å². The van der Waals surface area contributed by atoms with Crippen LogP contribution in [0.3, 0.4) is 0 Å². The van der Waals surface area contributed by atoms with Gasteiger partial charge < -0.3 is 9.73 Å². The van der Waals surface area contributed by atoms with E-state index in [2.05, 4.69) is 5.32 Å². The maximum Gasteiger partial charge on any atom is 0.223 e. The van der Waals surface area contributed by atoms with Crippen LogP contribution in [-0.4, -0.2) is 20.9 Å². The topological polar surface area (TPSA) is 76.4 Å². The van der Waals surface area contributed by atoms with Crippen LogP contribution in [0.15, 0.2) is 52.0 Å². The molecule has 3 rings (SSSR count). The van der Waals surface area contributed by atoms with Crippen molar-refractivity contribution in [3.8, 4) is 0 Å². The Balaban J connectivity index is 1.87. The highest BCUT2D eigenvalue weighted by molar-refractivity contribution is 7.91. The highest BCUT2D eigenvalue weighted by Gasteiger charge is 2.34. The Morgan fingerprint density at radius 2 is 1.96 bits per heavy atom. The van der Waals surface area contributed by atoms with E-state index < -0.39 is 15.1 Å². The predicted octanol–water partition coefficient (Wildman–Crippen LogP) is 2.97. The van der Waals surface area contributed by atoms with Gasteiger partial charge in [0.25, 0.3) is 0 Å². The van der Waals surface area contributed by atoms with Crippen molar-refractivity contribution in [2.75, 3.05) is 6.54 Å². The molecule has 1 fully saturated rings. The van der Waals surface area contributed by atoms with Crippen LogP contribution in [0.2, 0.25) is 5.02 Å². The summed E-state index contributed by atoms with van der Waals surface area (Å²) < 4.78 is 31.1. The molecule has 0 radical (unpaired) electrons. The summed E-state index contributed by atoms with van der Waals surface area (Å²) in [6.07, 6.45) is 3.14. The monoisotopic (exact) mass is 353 g/mol. The molecule has 1 heterocycles. The van der Waals surface area contributed by atoms with Gasteiger partial charge in [-0.2, -0.15) is 0 Å². The quantitative estimate of drug-likeness (QED) is 0.866. The standard InChI is InChI=1S/C16H16ClNO4S/c17-12-5-7-13(8-6-12)23(20,21)15(14-2-1-9-22-14)10-18-16(19)11-3-4-11/h1-2,5-9,11,15H,3-4,10H2,(H,18,19). The smallest absolute Gasteiger partial charge is 0.223 e. The van der Waals surface area contributed by atoms with E-state index in [1.807, 2.05) is 0 Å². The lowest BCUT2D eigenvalue weighted by Gasteiger charge is -2.16. The van der Waals surface area contributed by atoms with Gasteiger partial charge in [0.1, 0.15) is 11.0 Å². The van der Waals surface area contributed by atoms with E-state index in [1.54, 1.807) is 12.1 Å². The van der Waals surface area contributed by atoms with Crippen LogP contribution in [0.4, 0.5) is 0 Å². The van der Waals surface area contributed by atoms with Crippen molar-refractivity contribution in [2.24, 2.45) is 5.92 Å². The Hall–Kier alpha value is -1.79. The van der Waals surface area contributed by atoms with E-state index in [4.69, 9.17) is 16.0 Å². The predicted molar refractivity (Wildman–Crippen MR) is 85.8 cm³/mol. The summed E-state index contributed by atoms with van der Waals surface area (Å²) in [5.41, 5.74) is 0. The molecule has 1 aromatic carbocycles. The van der Waals surface area contributed by atoms with Crippen LogP contribution >= 0.6 is 11.6 Å².